The first-order valence-electron chi connectivity index (χ1n) is 7.36. The molecule has 1 heterocycles. The lowest BCUT2D eigenvalue weighted by atomic mass is 10.1. The Labute approximate surface area is 126 Å². The number of ether oxygens (including phenoxy) is 1. The Morgan fingerprint density at radius 1 is 1.14 bits per heavy atom. The molecule has 2 rings (SSSR count). The van der Waals surface area contributed by atoms with Crippen molar-refractivity contribution in [1.82, 2.24) is 9.97 Å². The maximum absolute atomic E-state index is 5.19. The van der Waals surface area contributed by atoms with E-state index >= 15 is 0 Å². The molecule has 4 nitrogen and oxygen atoms in total. The molecule has 21 heavy (non-hydrogen) atoms. The first kappa shape index (κ1) is 15.4. The molecular weight excluding hydrogens is 262 g/mol. The van der Waals surface area contributed by atoms with Gasteiger partial charge >= 0.3 is 0 Å². The third kappa shape index (κ3) is 4.83. The Morgan fingerprint density at radius 2 is 1.90 bits per heavy atom. The van der Waals surface area contributed by atoms with E-state index in [1.165, 1.54) is 11.1 Å². The molecule has 1 aromatic heterocycles. The molecule has 0 saturated carbocycles. The third-order valence-electron chi connectivity index (χ3n) is 3.16. The van der Waals surface area contributed by atoms with Gasteiger partial charge in [-0.15, -0.1) is 0 Å². The zero-order chi connectivity index (χ0) is 15.1. The summed E-state index contributed by atoms with van der Waals surface area (Å²) in [5.74, 6) is 1.70. The van der Waals surface area contributed by atoms with Gasteiger partial charge in [0.25, 0.3) is 0 Å². The van der Waals surface area contributed by atoms with Gasteiger partial charge in [-0.25, -0.2) is 9.97 Å². The number of hydrogen-bond acceptors (Lipinski definition) is 4. The Hall–Kier alpha value is -1.94. The molecule has 1 aromatic carbocycles. The van der Waals surface area contributed by atoms with Crippen LogP contribution in [0.2, 0.25) is 0 Å². The van der Waals surface area contributed by atoms with E-state index in [0.29, 0.717) is 6.61 Å². The molecule has 0 atom stereocenters. The van der Waals surface area contributed by atoms with Crippen LogP contribution in [-0.2, 0) is 17.8 Å². The van der Waals surface area contributed by atoms with Crippen LogP contribution in [0.5, 0.6) is 0 Å². The number of benzene rings is 1. The van der Waals surface area contributed by atoms with E-state index in [2.05, 4.69) is 53.4 Å². The number of aryl methyl sites for hydroxylation is 1. The highest BCUT2D eigenvalue weighted by Gasteiger charge is 2.06. The smallest absolute Gasteiger partial charge is 0.135 e. The summed E-state index contributed by atoms with van der Waals surface area (Å²) in [7, 11) is 1.68. The summed E-state index contributed by atoms with van der Waals surface area (Å²) in [5, 5.41) is 3.32. The summed E-state index contributed by atoms with van der Waals surface area (Å²) in [5.41, 5.74) is 3.39. The highest BCUT2D eigenvalue weighted by molar-refractivity contribution is 5.37. The van der Waals surface area contributed by atoms with Gasteiger partial charge in [-0.3, -0.25) is 0 Å². The van der Waals surface area contributed by atoms with Crippen molar-refractivity contribution in [2.45, 2.75) is 33.3 Å². The van der Waals surface area contributed by atoms with Gasteiger partial charge in [-0.05, 0) is 18.9 Å². The minimum Gasteiger partial charge on any atom is -0.378 e. The van der Waals surface area contributed by atoms with Gasteiger partial charge in [0.1, 0.15) is 11.6 Å². The zero-order valence-electron chi connectivity index (χ0n) is 13.0. The number of methoxy groups -OCH3 is 1. The molecule has 0 spiro atoms. The maximum atomic E-state index is 5.19. The summed E-state index contributed by atoms with van der Waals surface area (Å²) < 4.78 is 5.19. The molecule has 0 saturated heterocycles. The van der Waals surface area contributed by atoms with Crippen molar-refractivity contribution in [3.8, 4) is 0 Å². The number of rotatable bonds is 7. The molecule has 0 bridgehead atoms. The predicted molar refractivity (Wildman–Crippen MR) is 85.5 cm³/mol. The second kappa shape index (κ2) is 7.74. The van der Waals surface area contributed by atoms with Crippen molar-refractivity contribution >= 4 is 5.82 Å². The van der Waals surface area contributed by atoms with Crippen LogP contribution in [0.4, 0.5) is 5.82 Å². The molecule has 0 aliphatic carbocycles. The second-order valence-corrected chi connectivity index (χ2v) is 5.18. The predicted octanol–water partition coefficient (Wildman–Crippen LogP) is 3.34. The lowest BCUT2D eigenvalue weighted by Crippen LogP contribution is -2.08. The van der Waals surface area contributed by atoms with Crippen molar-refractivity contribution in [3.05, 3.63) is 53.0 Å². The quantitative estimate of drug-likeness (QED) is 0.847. The molecule has 112 valence electrons. The highest BCUT2D eigenvalue weighted by atomic mass is 16.5. The topological polar surface area (TPSA) is 47.0 Å². The standard InChI is InChI=1S/C17H23N3O/c1-4-9-18-16-11-15(12-21-3)19-17(20-16)10-14-7-5-13(2)6-8-14/h5-8,11H,4,9-10,12H2,1-3H3,(H,18,19,20). The van der Waals surface area contributed by atoms with Gasteiger partial charge in [-0.1, -0.05) is 36.8 Å². The van der Waals surface area contributed by atoms with Crippen molar-refractivity contribution in [2.24, 2.45) is 0 Å². The molecule has 0 amide bonds. The van der Waals surface area contributed by atoms with E-state index in [1.54, 1.807) is 7.11 Å². The summed E-state index contributed by atoms with van der Waals surface area (Å²) >= 11 is 0. The number of nitrogens with one attached hydrogen (secondary N) is 1. The first-order chi connectivity index (χ1) is 10.2. The molecule has 0 aliphatic rings. The van der Waals surface area contributed by atoms with Crippen molar-refractivity contribution in [2.75, 3.05) is 19.0 Å². The molecule has 0 fully saturated rings. The summed E-state index contributed by atoms with van der Waals surface area (Å²) in [4.78, 5) is 9.17. The van der Waals surface area contributed by atoms with Crippen LogP contribution in [-0.4, -0.2) is 23.6 Å². The van der Waals surface area contributed by atoms with E-state index in [-0.39, 0.29) is 0 Å². The normalized spacial score (nSPS) is 10.6. The number of aromatic nitrogens is 2. The number of anilines is 1. The van der Waals surface area contributed by atoms with Gasteiger partial charge in [0.2, 0.25) is 0 Å². The van der Waals surface area contributed by atoms with Crippen LogP contribution in [0.1, 0.15) is 36.0 Å². The van der Waals surface area contributed by atoms with Gasteiger partial charge in [-0.2, -0.15) is 0 Å². The zero-order valence-corrected chi connectivity index (χ0v) is 13.0. The van der Waals surface area contributed by atoms with Gasteiger partial charge in [0, 0.05) is 26.1 Å². The van der Waals surface area contributed by atoms with Crippen LogP contribution in [0.15, 0.2) is 30.3 Å². The number of hydrogen-bond donors (Lipinski definition) is 1. The maximum Gasteiger partial charge on any atom is 0.135 e. The first-order valence-corrected chi connectivity index (χ1v) is 7.36. The highest BCUT2D eigenvalue weighted by Crippen LogP contribution is 2.12. The molecule has 4 heteroatoms. The average molecular weight is 285 g/mol. The van der Waals surface area contributed by atoms with E-state index in [1.807, 2.05) is 6.07 Å². The Bertz CT molecular complexity index is 567. The lowest BCUT2D eigenvalue weighted by molar-refractivity contribution is 0.181. The van der Waals surface area contributed by atoms with Crippen molar-refractivity contribution in [3.63, 3.8) is 0 Å². The molecule has 0 unspecified atom stereocenters. The van der Waals surface area contributed by atoms with Crippen molar-refractivity contribution in [1.29, 1.82) is 0 Å². The fourth-order valence-electron chi connectivity index (χ4n) is 2.09. The van der Waals surface area contributed by atoms with Crippen LogP contribution in [0, 0.1) is 6.92 Å². The minimum atomic E-state index is 0.504. The van der Waals surface area contributed by atoms with Crippen LogP contribution < -0.4 is 5.32 Å². The lowest BCUT2D eigenvalue weighted by Gasteiger charge is -2.09. The molecular formula is C17H23N3O. The Balaban J connectivity index is 2.19. The number of nitrogens with zero attached hydrogens (tertiary/aromatic N) is 2. The summed E-state index contributed by atoms with van der Waals surface area (Å²) in [6.07, 6.45) is 1.80. The fraction of sp³-hybridized carbons (Fsp3) is 0.412. The monoisotopic (exact) mass is 285 g/mol. The largest absolute Gasteiger partial charge is 0.378 e. The fourth-order valence-corrected chi connectivity index (χ4v) is 2.09. The minimum absolute atomic E-state index is 0.504. The Morgan fingerprint density at radius 3 is 2.57 bits per heavy atom. The molecule has 1 N–H and O–H groups in total. The molecule has 0 radical (unpaired) electrons. The summed E-state index contributed by atoms with van der Waals surface area (Å²) in [6, 6.07) is 10.4. The SMILES string of the molecule is CCCNc1cc(COC)nc(Cc2ccc(C)cc2)n1. The van der Waals surface area contributed by atoms with Crippen LogP contribution >= 0.6 is 0 Å². The third-order valence-corrected chi connectivity index (χ3v) is 3.16. The second-order valence-electron chi connectivity index (χ2n) is 5.18. The average Bonchev–Trinajstić information content (AvgIpc) is 2.48. The van der Waals surface area contributed by atoms with Gasteiger partial charge in [0.15, 0.2) is 0 Å². The van der Waals surface area contributed by atoms with Gasteiger partial charge in [0.05, 0.1) is 12.3 Å². The molecule has 2 aromatic rings. The van der Waals surface area contributed by atoms with Crippen LogP contribution in [0.3, 0.4) is 0 Å². The van der Waals surface area contributed by atoms with Crippen molar-refractivity contribution < 1.29 is 4.74 Å². The van der Waals surface area contributed by atoms with E-state index in [0.717, 1.165) is 36.7 Å². The van der Waals surface area contributed by atoms with Gasteiger partial charge < -0.3 is 10.1 Å². The molecule has 0 aliphatic heterocycles. The van der Waals surface area contributed by atoms with E-state index in [9.17, 15) is 0 Å². The van der Waals surface area contributed by atoms with Crippen LogP contribution in [0.25, 0.3) is 0 Å². The summed E-state index contributed by atoms with van der Waals surface area (Å²) in [6.45, 7) is 5.64. The van der Waals surface area contributed by atoms with E-state index < -0.39 is 0 Å². The van der Waals surface area contributed by atoms with E-state index in [4.69, 9.17) is 4.74 Å². The Kier molecular flexibility index (Phi) is 5.69.